The van der Waals surface area contributed by atoms with E-state index in [-0.39, 0.29) is 5.69 Å². The van der Waals surface area contributed by atoms with Crippen LogP contribution in [-0.4, -0.2) is 31.1 Å². The largest absolute Gasteiger partial charge is 0.491 e. The average Bonchev–Trinajstić information content (AvgIpc) is 2.41. The van der Waals surface area contributed by atoms with Gasteiger partial charge in [0.1, 0.15) is 5.75 Å². The van der Waals surface area contributed by atoms with Crippen molar-refractivity contribution in [2.45, 2.75) is 37.9 Å². The topological polar surface area (TPSA) is 38.5 Å². The number of ether oxygens (including phenoxy) is 1. The third-order valence-electron chi connectivity index (χ3n) is 3.97. The predicted octanol–water partition coefficient (Wildman–Crippen LogP) is 3.54. The molecule has 0 saturated carbocycles. The highest BCUT2D eigenvalue weighted by molar-refractivity contribution is 5.54. The van der Waals surface area contributed by atoms with Gasteiger partial charge in [0.25, 0.3) is 0 Å². The molecule has 118 valence electrons. The van der Waals surface area contributed by atoms with E-state index in [1.807, 2.05) is 0 Å². The maximum atomic E-state index is 12.5. The average molecular weight is 302 g/mol. The lowest BCUT2D eigenvalue weighted by Crippen LogP contribution is -2.37. The summed E-state index contributed by atoms with van der Waals surface area (Å²) < 4.78 is 43.1. The van der Waals surface area contributed by atoms with Gasteiger partial charge in [0, 0.05) is 6.04 Å². The van der Waals surface area contributed by atoms with Crippen LogP contribution in [0.4, 0.5) is 18.9 Å². The van der Waals surface area contributed by atoms with Gasteiger partial charge in [0.05, 0.1) is 17.9 Å². The minimum absolute atomic E-state index is 0.0295. The van der Waals surface area contributed by atoms with E-state index < -0.39 is 11.7 Å². The summed E-state index contributed by atoms with van der Waals surface area (Å²) in [4.78, 5) is 2.31. The van der Waals surface area contributed by atoms with Crippen LogP contribution in [0.25, 0.3) is 0 Å². The zero-order valence-corrected chi connectivity index (χ0v) is 12.1. The van der Waals surface area contributed by atoms with E-state index in [4.69, 9.17) is 10.5 Å². The monoisotopic (exact) mass is 302 g/mol. The Hall–Kier alpha value is -1.43. The van der Waals surface area contributed by atoms with E-state index in [0.717, 1.165) is 31.5 Å². The van der Waals surface area contributed by atoms with Crippen LogP contribution >= 0.6 is 0 Å². The molecule has 0 radical (unpaired) electrons. The molecule has 1 aromatic rings. The van der Waals surface area contributed by atoms with Crippen molar-refractivity contribution in [3.8, 4) is 5.75 Å². The van der Waals surface area contributed by atoms with Gasteiger partial charge in [0.15, 0.2) is 0 Å². The van der Waals surface area contributed by atoms with Crippen molar-refractivity contribution in [3.05, 3.63) is 23.8 Å². The number of rotatable bonds is 4. The summed E-state index contributed by atoms with van der Waals surface area (Å²) in [5.41, 5.74) is 4.91. The molecule has 0 aromatic heterocycles. The first kappa shape index (κ1) is 15.9. The van der Waals surface area contributed by atoms with Gasteiger partial charge in [-0.1, -0.05) is 6.42 Å². The van der Waals surface area contributed by atoms with Gasteiger partial charge in [-0.15, -0.1) is 0 Å². The fourth-order valence-electron chi connectivity index (χ4n) is 2.67. The first-order valence-corrected chi connectivity index (χ1v) is 7.17. The van der Waals surface area contributed by atoms with E-state index >= 15 is 0 Å². The molecule has 1 atom stereocenters. The molecule has 3 nitrogen and oxygen atoms in total. The Morgan fingerprint density at radius 2 is 2.10 bits per heavy atom. The molecule has 0 aliphatic carbocycles. The molecule has 6 heteroatoms. The number of nitrogen functional groups attached to an aromatic ring is 1. The molecule has 1 saturated heterocycles. The third kappa shape index (κ3) is 4.27. The van der Waals surface area contributed by atoms with Crippen LogP contribution in [0.1, 0.15) is 31.2 Å². The van der Waals surface area contributed by atoms with Crippen LogP contribution < -0.4 is 10.5 Å². The summed E-state index contributed by atoms with van der Waals surface area (Å²) in [5, 5.41) is 0. The molecule has 0 spiro atoms. The van der Waals surface area contributed by atoms with Gasteiger partial charge in [0.2, 0.25) is 0 Å². The van der Waals surface area contributed by atoms with Crippen molar-refractivity contribution in [2.24, 2.45) is 0 Å². The number of alkyl halides is 3. The van der Waals surface area contributed by atoms with E-state index in [2.05, 4.69) is 11.9 Å². The maximum absolute atomic E-state index is 12.5. The van der Waals surface area contributed by atoms with Crippen molar-refractivity contribution in [3.63, 3.8) is 0 Å². The first-order valence-electron chi connectivity index (χ1n) is 7.17. The summed E-state index contributed by atoms with van der Waals surface area (Å²) in [5.74, 6) is 0.321. The predicted molar refractivity (Wildman–Crippen MR) is 76.2 cm³/mol. The Labute approximate surface area is 122 Å². The number of halogens is 3. The van der Waals surface area contributed by atoms with Crippen molar-refractivity contribution in [1.29, 1.82) is 0 Å². The molecule has 1 unspecified atom stereocenters. The highest BCUT2D eigenvalue weighted by Gasteiger charge is 2.31. The number of piperidine rings is 1. The second kappa shape index (κ2) is 6.56. The summed E-state index contributed by atoms with van der Waals surface area (Å²) in [7, 11) is 2.09. The zero-order valence-electron chi connectivity index (χ0n) is 12.1. The standard InChI is InChI=1S/C15H21F3N2O/c1-20-8-3-2-4-12(20)7-9-21-14-6-5-11(10-13(14)19)15(16,17)18/h5-6,10,12H,2-4,7-9,19H2,1H3. The van der Waals surface area contributed by atoms with Gasteiger partial charge >= 0.3 is 6.18 Å². The fourth-order valence-corrected chi connectivity index (χ4v) is 2.67. The molecule has 1 heterocycles. The van der Waals surface area contributed by atoms with Crippen molar-refractivity contribution >= 4 is 5.69 Å². The highest BCUT2D eigenvalue weighted by Crippen LogP contribution is 2.33. The lowest BCUT2D eigenvalue weighted by atomic mass is 10.0. The number of nitrogens with two attached hydrogens (primary N) is 1. The third-order valence-corrected chi connectivity index (χ3v) is 3.97. The minimum Gasteiger partial charge on any atom is -0.491 e. The molecule has 21 heavy (non-hydrogen) atoms. The molecule has 2 rings (SSSR count). The van der Waals surface area contributed by atoms with Crippen LogP contribution in [0.15, 0.2) is 18.2 Å². The Balaban J connectivity index is 1.88. The maximum Gasteiger partial charge on any atom is 0.416 e. The Morgan fingerprint density at radius 3 is 2.71 bits per heavy atom. The van der Waals surface area contributed by atoms with Crippen LogP contribution in [0.5, 0.6) is 5.75 Å². The van der Waals surface area contributed by atoms with Crippen molar-refractivity contribution < 1.29 is 17.9 Å². The molecule has 1 aliphatic rings. The van der Waals surface area contributed by atoms with E-state index in [9.17, 15) is 13.2 Å². The second-order valence-corrected chi connectivity index (χ2v) is 5.52. The number of hydrogen-bond acceptors (Lipinski definition) is 3. The number of likely N-dealkylation sites (tertiary alicyclic amines) is 1. The fraction of sp³-hybridized carbons (Fsp3) is 0.600. The van der Waals surface area contributed by atoms with Gasteiger partial charge < -0.3 is 15.4 Å². The summed E-state index contributed by atoms with van der Waals surface area (Å²) in [6.45, 7) is 1.55. The zero-order chi connectivity index (χ0) is 15.5. The molecule has 1 aliphatic heterocycles. The Bertz CT molecular complexity index is 476. The molecule has 0 bridgehead atoms. The number of nitrogens with zero attached hydrogens (tertiary/aromatic N) is 1. The SMILES string of the molecule is CN1CCCCC1CCOc1ccc(C(F)(F)F)cc1N. The Kier molecular flexibility index (Phi) is 4.98. The van der Waals surface area contributed by atoms with Gasteiger partial charge in [-0.2, -0.15) is 13.2 Å². The minimum atomic E-state index is -4.38. The summed E-state index contributed by atoms with van der Waals surface area (Å²) in [6, 6.07) is 3.69. The summed E-state index contributed by atoms with van der Waals surface area (Å²) >= 11 is 0. The number of benzene rings is 1. The van der Waals surface area contributed by atoms with Gasteiger partial charge in [-0.05, 0) is 51.1 Å². The van der Waals surface area contributed by atoms with Gasteiger partial charge in [-0.3, -0.25) is 0 Å². The lowest BCUT2D eigenvalue weighted by Gasteiger charge is -2.32. The number of hydrogen-bond donors (Lipinski definition) is 1. The van der Waals surface area contributed by atoms with Crippen LogP contribution in [0.2, 0.25) is 0 Å². The van der Waals surface area contributed by atoms with E-state index in [1.165, 1.54) is 18.9 Å². The molecule has 1 aromatic carbocycles. The van der Waals surface area contributed by atoms with Crippen LogP contribution in [0, 0.1) is 0 Å². The molecule has 1 fully saturated rings. The summed E-state index contributed by atoms with van der Waals surface area (Å²) in [6.07, 6.45) is 0.0634. The Morgan fingerprint density at radius 1 is 1.33 bits per heavy atom. The van der Waals surface area contributed by atoms with E-state index in [0.29, 0.717) is 18.4 Å². The van der Waals surface area contributed by atoms with Crippen molar-refractivity contribution in [1.82, 2.24) is 4.90 Å². The quantitative estimate of drug-likeness (QED) is 0.865. The second-order valence-electron chi connectivity index (χ2n) is 5.52. The smallest absolute Gasteiger partial charge is 0.416 e. The molecule has 0 amide bonds. The molecular weight excluding hydrogens is 281 g/mol. The lowest BCUT2D eigenvalue weighted by molar-refractivity contribution is -0.137. The van der Waals surface area contributed by atoms with Crippen molar-refractivity contribution in [2.75, 3.05) is 25.9 Å². The molecule has 2 N–H and O–H groups in total. The van der Waals surface area contributed by atoms with Gasteiger partial charge in [-0.25, -0.2) is 0 Å². The first-order chi connectivity index (χ1) is 9.88. The van der Waals surface area contributed by atoms with Crippen LogP contribution in [0.3, 0.4) is 0 Å². The normalized spacial score (nSPS) is 20.5. The molecular formula is C15H21F3N2O. The van der Waals surface area contributed by atoms with E-state index in [1.54, 1.807) is 0 Å². The number of anilines is 1. The van der Waals surface area contributed by atoms with Crippen LogP contribution in [-0.2, 0) is 6.18 Å². The highest BCUT2D eigenvalue weighted by atomic mass is 19.4.